The van der Waals surface area contributed by atoms with Crippen LogP contribution in [-0.4, -0.2) is 7.11 Å². The summed E-state index contributed by atoms with van der Waals surface area (Å²) in [5.41, 5.74) is 1.84. The third kappa shape index (κ3) is 3.02. The van der Waals surface area contributed by atoms with Gasteiger partial charge >= 0.3 is 0 Å². The second-order valence-electron chi connectivity index (χ2n) is 5.66. The third-order valence-corrected chi connectivity index (χ3v) is 4.12. The highest BCUT2D eigenvalue weighted by Crippen LogP contribution is 2.32. The number of hydrogen-bond donors (Lipinski definition) is 0. The SMILES string of the molecule is C=CCCc1ccc2cc(-c3ccc(OC)cc3)c(F)c(F)c2c1. The molecule has 3 aromatic carbocycles. The van der Waals surface area contributed by atoms with Crippen LogP contribution >= 0.6 is 0 Å². The number of methoxy groups -OCH3 is 1. The number of fused-ring (bicyclic) bond motifs is 1. The van der Waals surface area contributed by atoms with Crippen molar-refractivity contribution in [1.29, 1.82) is 0 Å². The molecule has 0 saturated carbocycles. The van der Waals surface area contributed by atoms with Gasteiger partial charge in [-0.25, -0.2) is 8.78 Å². The molecule has 0 fully saturated rings. The molecule has 0 aromatic heterocycles. The lowest BCUT2D eigenvalue weighted by molar-refractivity contribution is 0.415. The van der Waals surface area contributed by atoms with Crippen molar-refractivity contribution in [3.63, 3.8) is 0 Å². The van der Waals surface area contributed by atoms with Gasteiger partial charge in [-0.2, -0.15) is 0 Å². The number of aryl methyl sites for hydroxylation is 1. The number of halogens is 2. The number of hydrogen-bond acceptors (Lipinski definition) is 1. The Labute approximate surface area is 140 Å². The highest BCUT2D eigenvalue weighted by Gasteiger charge is 2.15. The van der Waals surface area contributed by atoms with E-state index in [2.05, 4.69) is 6.58 Å². The minimum absolute atomic E-state index is 0.251. The van der Waals surface area contributed by atoms with E-state index >= 15 is 0 Å². The van der Waals surface area contributed by atoms with Crippen molar-refractivity contribution in [1.82, 2.24) is 0 Å². The van der Waals surface area contributed by atoms with E-state index in [0.717, 1.165) is 18.4 Å². The average Bonchev–Trinajstić information content (AvgIpc) is 2.63. The molecule has 0 amide bonds. The predicted molar refractivity (Wildman–Crippen MR) is 94.4 cm³/mol. The van der Waals surface area contributed by atoms with Crippen LogP contribution in [0.15, 0.2) is 61.2 Å². The van der Waals surface area contributed by atoms with Crippen molar-refractivity contribution < 1.29 is 13.5 Å². The maximum atomic E-state index is 14.6. The number of benzene rings is 3. The van der Waals surface area contributed by atoms with Crippen LogP contribution in [0.25, 0.3) is 21.9 Å². The lowest BCUT2D eigenvalue weighted by Crippen LogP contribution is -1.94. The normalized spacial score (nSPS) is 10.8. The molecule has 0 N–H and O–H groups in total. The summed E-state index contributed by atoms with van der Waals surface area (Å²) in [5.74, 6) is -0.959. The van der Waals surface area contributed by atoms with Gasteiger partial charge in [0.2, 0.25) is 0 Å². The van der Waals surface area contributed by atoms with Gasteiger partial charge in [0.25, 0.3) is 0 Å². The first-order chi connectivity index (χ1) is 11.6. The van der Waals surface area contributed by atoms with Gasteiger partial charge in [0.1, 0.15) is 5.75 Å². The van der Waals surface area contributed by atoms with E-state index in [4.69, 9.17) is 4.74 Å². The molecule has 122 valence electrons. The van der Waals surface area contributed by atoms with E-state index in [-0.39, 0.29) is 5.56 Å². The van der Waals surface area contributed by atoms with Crippen LogP contribution in [0.2, 0.25) is 0 Å². The summed E-state index contributed by atoms with van der Waals surface area (Å²) in [6, 6.07) is 14.1. The Morgan fingerprint density at radius 1 is 1.00 bits per heavy atom. The van der Waals surface area contributed by atoms with Crippen molar-refractivity contribution in [2.24, 2.45) is 0 Å². The molecule has 0 aliphatic carbocycles. The topological polar surface area (TPSA) is 9.23 Å². The molecule has 0 aliphatic rings. The van der Waals surface area contributed by atoms with Gasteiger partial charge in [0.05, 0.1) is 7.11 Å². The molecule has 24 heavy (non-hydrogen) atoms. The molecule has 0 spiro atoms. The Bertz CT molecular complexity index is 882. The minimum atomic E-state index is -0.825. The van der Waals surface area contributed by atoms with E-state index in [1.165, 1.54) is 0 Å². The van der Waals surface area contributed by atoms with Crippen molar-refractivity contribution in [2.75, 3.05) is 7.11 Å². The van der Waals surface area contributed by atoms with Gasteiger partial charge in [-0.15, -0.1) is 6.58 Å². The van der Waals surface area contributed by atoms with Crippen LogP contribution in [0, 0.1) is 11.6 Å². The summed E-state index contributed by atoms with van der Waals surface area (Å²) in [6.07, 6.45) is 3.38. The first kappa shape index (κ1) is 16.2. The van der Waals surface area contributed by atoms with E-state index in [0.29, 0.717) is 22.1 Å². The molecule has 0 unspecified atom stereocenters. The molecular formula is C21H18F2O. The van der Waals surface area contributed by atoms with Crippen molar-refractivity contribution in [3.05, 3.63) is 78.4 Å². The van der Waals surface area contributed by atoms with Crippen molar-refractivity contribution >= 4 is 10.8 Å². The maximum absolute atomic E-state index is 14.6. The Morgan fingerprint density at radius 3 is 2.42 bits per heavy atom. The number of rotatable bonds is 5. The quantitative estimate of drug-likeness (QED) is 0.530. The number of allylic oxidation sites excluding steroid dienone is 1. The molecule has 0 bridgehead atoms. The van der Waals surface area contributed by atoms with E-state index in [1.54, 1.807) is 43.5 Å². The van der Waals surface area contributed by atoms with Crippen LogP contribution in [0.3, 0.4) is 0 Å². The second kappa shape index (κ2) is 6.83. The Morgan fingerprint density at radius 2 is 1.75 bits per heavy atom. The predicted octanol–water partition coefficient (Wildman–Crippen LogP) is 5.91. The summed E-state index contributed by atoms with van der Waals surface area (Å²) < 4.78 is 34.2. The Balaban J connectivity index is 2.09. The fraction of sp³-hybridized carbons (Fsp3) is 0.143. The first-order valence-corrected chi connectivity index (χ1v) is 7.80. The van der Waals surface area contributed by atoms with Crippen LogP contribution in [0.5, 0.6) is 5.75 Å². The molecule has 0 radical (unpaired) electrons. The molecule has 0 aliphatic heterocycles. The summed E-state index contributed by atoms with van der Waals surface area (Å²) in [4.78, 5) is 0. The van der Waals surface area contributed by atoms with Crippen LogP contribution < -0.4 is 4.74 Å². The Kier molecular flexibility index (Phi) is 4.61. The van der Waals surface area contributed by atoms with Gasteiger partial charge in [-0.3, -0.25) is 0 Å². The highest BCUT2D eigenvalue weighted by molar-refractivity contribution is 5.89. The number of ether oxygens (including phenoxy) is 1. The fourth-order valence-electron chi connectivity index (χ4n) is 2.78. The zero-order chi connectivity index (χ0) is 17.1. The third-order valence-electron chi connectivity index (χ3n) is 4.12. The summed E-state index contributed by atoms with van der Waals surface area (Å²) in [5, 5.41) is 0.994. The molecule has 3 aromatic rings. The Hall–Kier alpha value is -2.68. The van der Waals surface area contributed by atoms with E-state index in [1.807, 2.05) is 18.2 Å². The smallest absolute Gasteiger partial charge is 0.167 e. The fourth-order valence-corrected chi connectivity index (χ4v) is 2.78. The summed E-state index contributed by atoms with van der Waals surface area (Å²) >= 11 is 0. The van der Waals surface area contributed by atoms with Crippen LogP contribution in [0.4, 0.5) is 8.78 Å². The zero-order valence-electron chi connectivity index (χ0n) is 13.5. The molecule has 3 heteroatoms. The van der Waals surface area contributed by atoms with Gasteiger partial charge in [0.15, 0.2) is 11.6 Å². The average molecular weight is 324 g/mol. The van der Waals surface area contributed by atoms with E-state index in [9.17, 15) is 8.78 Å². The van der Waals surface area contributed by atoms with Gasteiger partial charge in [-0.05, 0) is 53.6 Å². The molecule has 0 heterocycles. The minimum Gasteiger partial charge on any atom is -0.497 e. The lowest BCUT2D eigenvalue weighted by atomic mass is 9.97. The lowest BCUT2D eigenvalue weighted by Gasteiger charge is -2.10. The molecule has 1 nitrogen and oxygen atoms in total. The molecule has 0 atom stereocenters. The second-order valence-corrected chi connectivity index (χ2v) is 5.66. The highest BCUT2D eigenvalue weighted by atomic mass is 19.2. The molecule has 3 rings (SSSR count). The van der Waals surface area contributed by atoms with E-state index < -0.39 is 11.6 Å². The standard InChI is InChI=1S/C21H18F2O/c1-3-4-5-14-6-7-16-13-19(21(23)20(22)18(16)12-14)15-8-10-17(24-2)11-9-15/h3,6-13H,1,4-5H2,2H3. The molecular weight excluding hydrogens is 306 g/mol. The molecule has 0 saturated heterocycles. The monoisotopic (exact) mass is 324 g/mol. The first-order valence-electron chi connectivity index (χ1n) is 7.80. The summed E-state index contributed by atoms with van der Waals surface area (Å²) in [7, 11) is 1.56. The zero-order valence-corrected chi connectivity index (χ0v) is 13.5. The maximum Gasteiger partial charge on any atom is 0.167 e. The van der Waals surface area contributed by atoms with Crippen LogP contribution in [-0.2, 0) is 6.42 Å². The van der Waals surface area contributed by atoms with Crippen molar-refractivity contribution in [3.8, 4) is 16.9 Å². The largest absolute Gasteiger partial charge is 0.497 e. The summed E-state index contributed by atoms with van der Waals surface area (Å²) in [6.45, 7) is 3.68. The van der Waals surface area contributed by atoms with Crippen molar-refractivity contribution in [2.45, 2.75) is 12.8 Å². The van der Waals surface area contributed by atoms with Crippen LogP contribution in [0.1, 0.15) is 12.0 Å². The van der Waals surface area contributed by atoms with Gasteiger partial charge in [0, 0.05) is 10.9 Å². The van der Waals surface area contributed by atoms with Gasteiger partial charge < -0.3 is 4.74 Å². The van der Waals surface area contributed by atoms with Gasteiger partial charge in [-0.1, -0.05) is 30.3 Å².